The molecule has 4 aromatic rings. The van der Waals surface area contributed by atoms with Gasteiger partial charge >= 0.3 is 0 Å². The Kier molecular flexibility index (Phi) is 8.78. The summed E-state index contributed by atoms with van der Waals surface area (Å²) in [5.41, 5.74) is 8.20. The lowest BCUT2D eigenvalue weighted by Gasteiger charge is -2.12. The van der Waals surface area contributed by atoms with Crippen molar-refractivity contribution in [3.05, 3.63) is 81.9 Å². The monoisotopic (exact) mass is 515 g/mol. The van der Waals surface area contributed by atoms with E-state index in [-0.39, 0.29) is 51.1 Å². The Labute approximate surface area is 211 Å². The molecule has 2 aromatic heterocycles. The van der Waals surface area contributed by atoms with Gasteiger partial charge < -0.3 is 25.6 Å². The van der Waals surface area contributed by atoms with Crippen LogP contribution < -0.4 is 20.5 Å². The third-order valence-corrected chi connectivity index (χ3v) is 6.23. The number of carbonyl (C=O) groups excluding carboxylic acids is 1. The van der Waals surface area contributed by atoms with Gasteiger partial charge in [-0.25, -0.2) is 13.8 Å². The molecule has 2 heterocycles. The van der Waals surface area contributed by atoms with Crippen LogP contribution in [0.15, 0.2) is 48.0 Å². The molecule has 1 amide bonds. The van der Waals surface area contributed by atoms with Crippen LogP contribution in [0.5, 0.6) is 11.5 Å². The first-order valence-corrected chi connectivity index (χ1v) is 11.6. The van der Waals surface area contributed by atoms with Gasteiger partial charge in [-0.2, -0.15) is 0 Å². The van der Waals surface area contributed by atoms with Gasteiger partial charge in [0.15, 0.2) is 0 Å². The van der Waals surface area contributed by atoms with Crippen LogP contribution in [0.2, 0.25) is 0 Å². The third-order valence-electron chi connectivity index (χ3n) is 5.16. The van der Waals surface area contributed by atoms with Crippen molar-refractivity contribution in [3.63, 3.8) is 0 Å². The first-order valence-electron chi connectivity index (χ1n) is 10.7. The minimum atomic E-state index is -0.546. The van der Waals surface area contributed by atoms with Gasteiger partial charge in [-0.1, -0.05) is 7.43 Å². The number of benzene rings is 2. The lowest BCUT2D eigenvalue weighted by Crippen LogP contribution is -2.26. The number of fused-ring (bicyclic) bond motifs is 1. The number of hydrogen-bond acceptors (Lipinski definition) is 7. The summed E-state index contributed by atoms with van der Waals surface area (Å²) in [5, 5.41) is 14.1. The van der Waals surface area contributed by atoms with Crippen molar-refractivity contribution >= 4 is 33.1 Å². The van der Waals surface area contributed by atoms with Crippen LogP contribution in [0.3, 0.4) is 0 Å². The maximum atomic E-state index is 13.9. The highest BCUT2D eigenvalue weighted by Gasteiger charge is 2.17. The molecule has 0 aliphatic heterocycles. The fourth-order valence-corrected chi connectivity index (χ4v) is 4.59. The molecular formula is C26H27F2N3O4S. The highest BCUT2D eigenvalue weighted by molar-refractivity contribution is 7.17. The fraction of sp³-hybridized carbons (Fsp3) is 0.231. The van der Waals surface area contributed by atoms with Crippen LogP contribution in [-0.2, 0) is 13.2 Å². The molecule has 0 radical (unpaired) electrons. The van der Waals surface area contributed by atoms with E-state index in [4.69, 9.17) is 20.3 Å². The van der Waals surface area contributed by atoms with Crippen LogP contribution in [0.4, 0.5) is 14.6 Å². The zero-order valence-electron chi connectivity index (χ0n) is 18.8. The lowest BCUT2D eigenvalue weighted by atomic mass is 10.1. The predicted molar refractivity (Wildman–Crippen MR) is 136 cm³/mol. The number of pyridine rings is 1. The summed E-state index contributed by atoms with van der Waals surface area (Å²) in [6.45, 7) is 1.86. The van der Waals surface area contributed by atoms with Gasteiger partial charge in [0, 0.05) is 35.3 Å². The fourth-order valence-electron chi connectivity index (χ4n) is 3.52. The second-order valence-corrected chi connectivity index (χ2v) is 8.68. The molecule has 4 rings (SSSR count). The van der Waals surface area contributed by atoms with E-state index in [1.807, 2.05) is 18.4 Å². The molecule has 36 heavy (non-hydrogen) atoms. The number of carbonyl (C=O) groups is 1. The van der Waals surface area contributed by atoms with Gasteiger partial charge in [0.05, 0.1) is 16.9 Å². The van der Waals surface area contributed by atoms with Crippen molar-refractivity contribution in [2.24, 2.45) is 0 Å². The van der Waals surface area contributed by atoms with E-state index >= 15 is 0 Å². The minimum Gasteiger partial charge on any atom is -0.489 e. The standard InChI is InChI=1S/C25H23F2N3O4S.CH4/c1-14-6-18(33-11-15-8-17(26)2-3-21(15)27)9-19(7-14)34-12-16-13-35-23-20(25(32)29-4-5-31)10-30-24(28)22(16)23;/h2-3,6-10,13,31H,4-5,11-12H2,1H3,(H2,28,30)(H,29,32);1H4. The Morgan fingerprint density at radius 2 is 1.81 bits per heavy atom. The lowest BCUT2D eigenvalue weighted by molar-refractivity contribution is 0.0946. The van der Waals surface area contributed by atoms with E-state index in [9.17, 15) is 13.6 Å². The molecule has 0 atom stereocenters. The predicted octanol–water partition coefficient (Wildman–Crippen LogP) is 4.98. The van der Waals surface area contributed by atoms with Crippen LogP contribution in [0.25, 0.3) is 10.1 Å². The van der Waals surface area contributed by atoms with Gasteiger partial charge in [0.25, 0.3) is 5.91 Å². The molecule has 190 valence electrons. The molecule has 2 aromatic carbocycles. The average molecular weight is 516 g/mol. The Hall–Kier alpha value is -3.76. The van der Waals surface area contributed by atoms with E-state index in [1.165, 1.54) is 17.5 Å². The van der Waals surface area contributed by atoms with E-state index < -0.39 is 11.6 Å². The second kappa shape index (κ2) is 11.8. The molecule has 0 unspecified atom stereocenters. The van der Waals surface area contributed by atoms with Crippen LogP contribution in [0.1, 0.15) is 34.5 Å². The van der Waals surface area contributed by atoms with Gasteiger partial charge in [-0.3, -0.25) is 4.79 Å². The molecule has 4 N–H and O–H groups in total. The summed E-state index contributed by atoms with van der Waals surface area (Å²) in [6, 6.07) is 8.46. The number of aliphatic hydroxyl groups is 1. The Morgan fingerprint density at radius 3 is 2.50 bits per heavy atom. The molecule has 0 aliphatic rings. The smallest absolute Gasteiger partial charge is 0.254 e. The quantitative estimate of drug-likeness (QED) is 0.290. The normalized spacial score (nSPS) is 10.7. The first-order chi connectivity index (χ1) is 16.9. The number of anilines is 1. The number of ether oxygens (including phenoxy) is 2. The second-order valence-electron chi connectivity index (χ2n) is 7.80. The van der Waals surface area contributed by atoms with Crippen LogP contribution in [0, 0.1) is 18.6 Å². The molecule has 0 fully saturated rings. The van der Waals surface area contributed by atoms with Gasteiger partial charge in [0.2, 0.25) is 0 Å². The number of nitrogens with one attached hydrogen (secondary N) is 1. The summed E-state index contributed by atoms with van der Waals surface area (Å²) < 4.78 is 39.6. The van der Waals surface area contributed by atoms with Crippen LogP contribution in [-0.4, -0.2) is 29.1 Å². The number of nitrogens with zero attached hydrogens (tertiary/aromatic N) is 1. The number of halogens is 2. The molecule has 7 nitrogen and oxygen atoms in total. The molecule has 10 heteroatoms. The van der Waals surface area contributed by atoms with Crippen molar-refractivity contribution in [3.8, 4) is 11.5 Å². The molecule has 0 aliphatic carbocycles. The topological polar surface area (TPSA) is 107 Å². The van der Waals surface area contributed by atoms with E-state index in [2.05, 4.69) is 10.3 Å². The highest BCUT2D eigenvalue weighted by Crippen LogP contribution is 2.33. The Morgan fingerprint density at radius 1 is 1.11 bits per heavy atom. The molecule has 0 saturated carbocycles. The summed E-state index contributed by atoms with van der Waals surface area (Å²) in [4.78, 5) is 16.6. The third kappa shape index (κ3) is 6.07. The largest absolute Gasteiger partial charge is 0.489 e. The van der Waals surface area contributed by atoms with E-state index in [1.54, 1.807) is 12.1 Å². The van der Waals surface area contributed by atoms with Gasteiger partial charge in [-0.15, -0.1) is 11.3 Å². The molecule has 0 bridgehead atoms. The van der Waals surface area contributed by atoms with E-state index in [0.717, 1.165) is 29.3 Å². The Bertz CT molecular complexity index is 1380. The van der Waals surface area contributed by atoms with Crippen molar-refractivity contribution in [2.45, 2.75) is 27.6 Å². The number of nitrogens with two attached hydrogens (primary N) is 1. The maximum absolute atomic E-state index is 13.9. The SMILES string of the molecule is C.Cc1cc(OCc2cc(F)ccc2F)cc(OCc2csc3c(C(=O)NCCO)cnc(N)c23)c1. The molecule has 0 saturated heterocycles. The van der Waals surface area contributed by atoms with Crippen LogP contribution >= 0.6 is 11.3 Å². The molecular weight excluding hydrogens is 488 g/mol. The maximum Gasteiger partial charge on any atom is 0.254 e. The number of rotatable bonds is 9. The number of aliphatic hydroxyl groups excluding tert-OH is 1. The van der Waals surface area contributed by atoms with Gasteiger partial charge in [0.1, 0.15) is 42.2 Å². The summed E-state index contributed by atoms with van der Waals surface area (Å²) >= 11 is 1.35. The number of nitrogen functional groups attached to an aromatic ring is 1. The minimum absolute atomic E-state index is 0. The number of aryl methyl sites for hydroxylation is 1. The van der Waals surface area contributed by atoms with Gasteiger partial charge in [-0.05, 0) is 48.2 Å². The summed E-state index contributed by atoms with van der Waals surface area (Å²) in [5.74, 6) is -0.185. The average Bonchev–Trinajstić information content (AvgIpc) is 3.26. The highest BCUT2D eigenvalue weighted by atomic mass is 32.1. The number of thiophene rings is 1. The zero-order chi connectivity index (χ0) is 24.9. The van der Waals surface area contributed by atoms with Crippen molar-refractivity contribution < 1.29 is 28.2 Å². The Balaban J connectivity index is 0.00000361. The number of amides is 1. The van der Waals surface area contributed by atoms with E-state index in [0.29, 0.717) is 27.1 Å². The summed E-state index contributed by atoms with van der Waals surface area (Å²) in [6.07, 6.45) is 1.41. The number of hydrogen-bond donors (Lipinski definition) is 3. The van der Waals surface area contributed by atoms with Crippen molar-refractivity contribution in [1.29, 1.82) is 0 Å². The molecule has 0 spiro atoms. The summed E-state index contributed by atoms with van der Waals surface area (Å²) in [7, 11) is 0. The first kappa shape index (κ1) is 26.8. The number of aromatic nitrogens is 1. The zero-order valence-corrected chi connectivity index (χ0v) is 19.6. The van der Waals surface area contributed by atoms with Crippen molar-refractivity contribution in [1.82, 2.24) is 10.3 Å². The van der Waals surface area contributed by atoms with Crippen molar-refractivity contribution in [2.75, 3.05) is 18.9 Å².